The molecule has 3 heterocycles. The molecule has 4 rings (SSSR count). The van der Waals surface area contributed by atoms with Crippen LogP contribution in [-0.4, -0.2) is 37.9 Å². The van der Waals surface area contributed by atoms with Crippen molar-refractivity contribution in [3.63, 3.8) is 0 Å². The zero-order valence-corrected chi connectivity index (χ0v) is 13.1. The Hall–Kier alpha value is -2.80. The van der Waals surface area contributed by atoms with Crippen molar-refractivity contribution in [1.29, 1.82) is 0 Å². The average molecular weight is 343 g/mol. The van der Waals surface area contributed by atoms with E-state index >= 15 is 0 Å². The van der Waals surface area contributed by atoms with Crippen LogP contribution in [0, 0.1) is 11.6 Å². The molecule has 7 heteroatoms. The smallest absolute Gasteiger partial charge is 0.273 e. The standard InChI is InChI=1S/C18H15F2N3O2/c19-11-4-5-14(20)13(7-11)15-8-12(24)10-23(15)18(25)16-9-21-17-3-1-2-6-22(16)17/h1-7,9,12,15,24H,8,10H2. The molecule has 0 spiro atoms. The summed E-state index contributed by atoms with van der Waals surface area (Å²) in [4.78, 5) is 18.5. The molecule has 25 heavy (non-hydrogen) atoms. The first kappa shape index (κ1) is 15.7. The quantitative estimate of drug-likeness (QED) is 0.778. The molecule has 128 valence electrons. The van der Waals surface area contributed by atoms with E-state index in [2.05, 4.69) is 4.98 Å². The predicted molar refractivity (Wildman–Crippen MR) is 86.0 cm³/mol. The summed E-state index contributed by atoms with van der Waals surface area (Å²) < 4.78 is 29.4. The number of benzene rings is 1. The lowest BCUT2D eigenvalue weighted by Gasteiger charge is -2.25. The van der Waals surface area contributed by atoms with Crippen LogP contribution >= 0.6 is 0 Å². The minimum absolute atomic E-state index is 0.0551. The second-order valence-corrected chi connectivity index (χ2v) is 6.10. The number of nitrogens with zero attached hydrogens (tertiary/aromatic N) is 3. The highest BCUT2D eigenvalue weighted by atomic mass is 19.1. The molecule has 0 radical (unpaired) electrons. The van der Waals surface area contributed by atoms with Crippen LogP contribution in [0.15, 0.2) is 48.8 Å². The molecule has 2 unspecified atom stereocenters. The van der Waals surface area contributed by atoms with Gasteiger partial charge in [-0.15, -0.1) is 0 Å². The van der Waals surface area contributed by atoms with E-state index in [9.17, 15) is 18.7 Å². The molecule has 1 amide bonds. The summed E-state index contributed by atoms with van der Waals surface area (Å²) in [7, 11) is 0. The van der Waals surface area contributed by atoms with Crippen molar-refractivity contribution in [2.75, 3.05) is 6.54 Å². The van der Waals surface area contributed by atoms with Gasteiger partial charge in [-0.2, -0.15) is 0 Å². The van der Waals surface area contributed by atoms with Crippen LogP contribution in [0.2, 0.25) is 0 Å². The van der Waals surface area contributed by atoms with Gasteiger partial charge in [0.15, 0.2) is 0 Å². The van der Waals surface area contributed by atoms with Crippen molar-refractivity contribution in [2.24, 2.45) is 0 Å². The van der Waals surface area contributed by atoms with Crippen molar-refractivity contribution in [2.45, 2.75) is 18.6 Å². The maximum atomic E-state index is 14.2. The predicted octanol–water partition coefficient (Wildman–Crippen LogP) is 2.56. The van der Waals surface area contributed by atoms with Gasteiger partial charge in [0, 0.05) is 18.3 Å². The van der Waals surface area contributed by atoms with Crippen molar-refractivity contribution in [3.8, 4) is 0 Å². The number of β-amino-alcohol motifs (C(OH)–C–C–N with tert-alkyl or cyclic N) is 1. The topological polar surface area (TPSA) is 57.8 Å². The third-order valence-electron chi connectivity index (χ3n) is 4.49. The van der Waals surface area contributed by atoms with Crippen molar-refractivity contribution in [1.82, 2.24) is 14.3 Å². The van der Waals surface area contributed by atoms with Crippen LogP contribution in [0.1, 0.15) is 28.5 Å². The number of aromatic nitrogens is 2. The van der Waals surface area contributed by atoms with E-state index in [1.54, 1.807) is 28.8 Å². The number of imidazole rings is 1. The van der Waals surface area contributed by atoms with E-state index < -0.39 is 23.8 Å². The Kier molecular flexibility index (Phi) is 3.73. The minimum atomic E-state index is -0.796. The van der Waals surface area contributed by atoms with Crippen molar-refractivity contribution < 1.29 is 18.7 Å². The first-order valence-electron chi connectivity index (χ1n) is 7.90. The second kappa shape index (κ2) is 5.93. The molecule has 3 aromatic rings. The van der Waals surface area contributed by atoms with Gasteiger partial charge < -0.3 is 10.0 Å². The number of aliphatic hydroxyl groups excluding tert-OH is 1. The van der Waals surface area contributed by atoms with Gasteiger partial charge in [-0.3, -0.25) is 9.20 Å². The molecule has 1 aromatic carbocycles. The largest absolute Gasteiger partial charge is 0.391 e. The normalized spacial score (nSPS) is 20.4. The highest BCUT2D eigenvalue weighted by molar-refractivity contribution is 5.93. The second-order valence-electron chi connectivity index (χ2n) is 6.10. The van der Waals surface area contributed by atoms with Crippen LogP contribution < -0.4 is 0 Å². The molecule has 2 atom stereocenters. The summed E-state index contributed by atoms with van der Waals surface area (Å²) in [5.74, 6) is -1.57. The Morgan fingerprint density at radius 3 is 2.92 bits per heavy atom. The first-order chi connectivity index (χ1) is 12.0. The fraction of sp³-hybridized carbons (Fsp3) is 0.222. The number of carbonyl (C=O) groups is 1. The zero-order valence-electron chi connectivity index (χ0n) is 13.1. The Balaban J connectivity index is 1.74. The van der Waals surface area contributed by atoms with Gasteiger partial charge in [0.2, 0.25) is 0 Å². The summed E-state index contributed by atoms with van der Waals surface area (Å²) in [6.45, 7) is 0.0551. The van der Waals surface area contributed by atoms with E-state index in [1.165, 1.54) is 11.1 Å². The summed E-state index contributed by atoms with van der Waals surface area (Å²) in [6, 6.07) is 7.75. The number of amides is 1. The van der Waals surface area contributed by atoms with Gasteiger partial charge in [0.05, 0.1) is 18.3 Å². The number of fused-ring (bicyclic) bond motifs is 1. The van der Waals surface area contributed by atoms with Crippen LogP contribution in [-0.2, 0) is 0 Å². The number of hydrogen-bond donors (Lipinski definition) is 1. The third-order valence-corrected chi connectivity index (χ3v) is 4.49. The van der Waals surface area contributed by atoms with Crippen molar-refractivity contribution in [3.05, 3.63) is 71.7 Å². The van der Waals surface area contributed by atoms with E-state index in [1.807, 2.05) is 0 Å². The lowest BCUT2D eigenvalue weighted by molar-refractivity contribution is 0.0706. The number of rotatable bonds is 2. The fourth-order valence-electron chi connectivity index (χ4n) is 3.34. The van der Waals surface area contributed by atoms with E-state index in [0.717, 1.165) is 18.2 Å². The van der Waals surface area contributed by atoms with E-state index in [0.29, 0.717) is 11.3 Å². The molecule has 1 aliphatic rings. The fourth-order valence-corrected chi connectivity index (χ4v) is 3.34. The number of hydrogen-bond acceptors (Lipinski definition) is 3. The summed E-state index contributed by atoms with van der Waals surface area (Å²) in [6.07, 6.45) is 2.51. The Morgan fingerprint density at radius 1 is 1.24 bits per heavy atom. The van der Waals surface area contributed by atoms with Gasteiger partial charge in [0.1, 0.15) is 23.0 Å². The Morgan fingerprint density at radius 2 is 2.08 bits per heavy atom. The van der Waals surface area contributed by atoms with Crippen LogP contribution in [0.3, 0.4) is 0 Å². The Labute approximate surface area is 142 Å². The van der Waals surface area contributed by atoms with E-state index in [4.69, 9.17) is 0 Å². The maximum Gasteiger partial charge on any atom is 0.273 e. The highest BCUT2D eigenvalue weighted by Crippen LogP contribution is 2.35. The monoisotopic (exact) mass is 343 g/mol. The molecular formula is C18H15F2N3O2. The summed E-state index contributed by atoms with van der Waals surface area (Å²) >= 11 is 0. The first-order valence-corrected chi connectivity index (χ1v) is 7.90. The zero-order chi connectivity index (χ0) is 17.6. The SMILES string of the molecule is O=C(c1cnc2ccccn12)N1CC(O)CC1c1cc(F)ccc1F. The van der Waals surface area contributed by atoms with Crippen LogP contribution in [0.4, 0.5) is 8.78 Å². The maximum absolute atomic E-state index is 14.2. The van der Waals surface area contributed by atoms with Gasteiger partial charge in [-0.1, -0.05) is 6.07 Å². The average Bonchev–Trinajstić information content (AvgIpc) is 3.20. The molecule has 1 aliphatic heterocycles. The number of carbonyl (C=O) groups excluding carboxylic acids is 1. The van der Waals surface area contributed by atoms with Crippen LogP contribution in [0.25, 0.3) is 5.65 Å². The number of pyridine rings is 1. The van der Waals surface area contributed by atoms with Gasteiger partial charge in [-0.25, -0.2) is 13.8 Å². The Bertz CT molecular complexity index is 956. The van der Waals surface area contributed by atoms with Crippen LogP contribution in [0.5, 0.6) is 0 Å². The molecule has 5 nitrogen and oxygen atoms in total. The third kappa shape index (κ3) is 2.66. The number of aliphatic hydroxyl groups is 1. The van der Waals surface area contributed by atoms with Crippen molar-refractivity contribution >= 4 is 11.6 Å². The molecule has 1 fully saturated rings. The molecule has 2 aromatic heterocycles. The molecule has 0 saturated carbocycles. The minimum Gasteiger partial charge on any atom is -0.391 e. The highest BCUT2D eigenvalue weighted by Gasteiger charge is 2.38. The summed E-state index contributed by atoms with van der Waals surface area (Å²) in [5, 5.41) is 10.0. The number of likely N-dealkylation sites (tertiary alicyclic amines) is 1. The lowest BCUT2D eigenvalue weighted by Crippen LogP contribution is -2.33. The van der Waals surface area contributed by atoms with Gasteiger partial charge in [-0.05, 0) is 36.8 Å². The lowest BCUT2D eigenvalue weighted by atomic mass is 10.0. The number of halogens is 2. The molecular weight excluding hydrogens is 328 g/mol. The summed E-state index contributed by atoms with van der Waals surface area (Å²) in [5.41, 5.74) is 0.990. The van der Waals surface area contributed by atoms with Gasteiger partial charge in [0.25, 0.3) is 5.91 Å². The molecule has 1 N–H and O–H groups in total. The molecule has 0 bridgehead atoms. The van der Waals surface area contributed by atoms with E-state index in [-0.39, 0.29) is 24.4 Å². The molecule has 0 aliphatic carbocycles. The van der Waals surface area contributed by atoms with Gasteiger partial charge >= 0.3 is 0 Å². The molecule has 1 saturated heterocycles.